The van der Waals surface area contributed by atoms with Crippen molar-refractivity contribution in [1.82, 2.24) is 0 Å². The summed E-state index contributed by atoms with van der Waals surface area (Å²) in [4.78, 5) is 23.4. The van der Waals surface area contributed by atoms with E-state index in [9.17, 15) is 14.7 Å². The fourth-order valence-electron chi connectivity index (χ4n) is 1.75. The van der Waals surface area contributed by atoms with Crippen LogP contribution in [-0.4, -0.2) is 53.6 Å². The predicted octanol–water partition coefficient (Wildman–Crippen LogP) is 1.67. The van der Waals surface area contributed by atoms with Gasteiger partial charge in [-0.15, -0.1) is 0 Å². The molecule has 4 nitrogen and oxygen atoms in total. The molecule has 0 bridgehead atoms. The highest BCUT2D eigenvalue weighted by Crippen LogP contribution is 2.20. The third-order valence-corrected chi connectivity index (χ3v) is 3.62. The molecule has 0 heterocycles. The van der Waals surface area contributed by atoms with Crippen molar-refractivity contribution in [3.8, 4) is 0 Å². The second kappa shape index (κ2) is 7.92. The molecule has 5 heteroatoms. The highest BCUT2D eigenvalue weighted by atomic mass is 32.2. The first-order chi connectivity index (χ1) is 8.19. The standard InChI is InChI=1S/C13H26NO3S/c1-6-10(7-2)13(17)18-12(16)8-11(15)9-14(3,4)5/h10-11,15H,6-9H2,1-5H3/q+1. The molecule has 0 radical (unpaired) electrons. The van der Waals surface area contributed by atoms with Gasteiger partial charge in [0.2, 0.25) is 0 Å². The summed E-state index contributed by atoms with van der Waals surface area (Å²) in [5.41, 5.74) is 0. The molecule has 1 unspecified atom stereocenters. The van der Waals surface area contributed by atoms with Crippen molar-refractivity contribution in [2.75, 3.05) is 27.7 Å². The molecule has 1 N–H and O–H groups in total. The Bertz CT molecular complexity index is 282. The number of aliphatic hydroxyl groups excluding tert-OH is 1. The Balaban J connectivity index is 4.15. The number of hydrogen-bond donors (Lipinski definition) is 1. The summed E-state index contributed by atoms with van der Waals surface area (Å²) in [5, 5.41) is 9.46. The van der Waals surface area contributed by atoms with Gasteiger partial charge in [-0.1, -0.05) is 13.8 Å². The van der Waals surface area contributed by atoms with Crippen molar-refractivity contribution >= 4 is 22.0 Å². The van der Waals surface area contributed by atoms with Crippen LogP contribution in [-0.2, 0) is 9.59 Å². The molecule has 0 fully saturated rings. The smallest absolute Gasteiger partial charge is 0.199 e. The molecule has 0 aliphatic carbocycles. The van der Waals surface area contributed by atoms with Crippen molar-refractivity contribution in [2.24, 2.45) is 5.92 Å². The Morgan fingerprint density at radius 1 is 1.17 bits per heavy atom. The minimum Gasteiger partial charge on any atom is -0.387 e. The number of nitrogens with zero attached hydrogens (tertiary/aromatic N) is 1. The quantitative estimate of drug-likeness (QED) is 0.719. The van der Waals surface area contributed by atoms with Gasteiger partial charge in [0.1, 0.15) is 12.6 Å². The zero-order valence-electron chi connectivity index (χ0n) is 12.1. The zero-order valence-corrected chi connectivity index (χ0v) is 12.9. The van der Waals surface area contributed by atoms with Gasteiger partial charge in [0.15, 0.2) is 10.2 Å². The van der Waals surface area contributed by atoms with E-state index in [1.54, 1.807) is 0 Å². The number of carbonyl (C=O) groups excluding carboxylic acids is 2. The largest absolute Gasteiger partial charge is 0.387 e. The molecule has 0 saturated carbocycles. The minimum absolute atomic E-state index is 0.0468. The number of likely N-dealkylation sites (N-methyl/N-ethyl adjacent to an activating group) is 1. The summed E-state index contributed by atoms with van der Waals surface area (Å²) in [6.45, 7) is 4.40. The van der Waals surface area contributed by atoms with Gasteiger partial charge in [-0.25, -0.2) is 0 Å². The second-order valence-electron chi connectivity index (χ2n) is 5.64. The average molecular weight is 276 g/mol. The monoisotopic (exact) mass is 276 g/mol. The number of hydrogen-bond acceptors (Lipinski definition) is 4. The number of quaternary nitrogens is 1. The lowest BCUT2D eigenvalue weighted by Gasteiger charge is -2.26. The van der Waals surface area contributed by atoms with E-state index < -0.39 is 6.10 Å². The Morgan fingerprint density at radius 3 is 2.06 bits per heavy atom. The van der Waals surface area contributed by atoms with Gasteiger partial charge in [-0.2, -0.15) is 0 Å². The van der Waals surface area contributed by atoms with Gasteiger partial charge >= 0.3 is 0 Å². The van der Waals surface area contributed by atoms with Crippen LogP contribution in [0.15, 0.2) is 0 Å². The second-order valence-corrected chi connectivity index (χ2v) is 6.70. The summed E-state index contributed by atoms with van der Waals surface area (Å²) >= 11 is 0.766. The van der Waals surface area contributed by atoms with Gasteiger partial charge in [0.05, 0.1) is 21.1 Å². The highest BCUT2D eigenvalue weighted by Gasteiger charge is 2.23. The molecule has 0 aromatic rings. The first kappa shape index (κ1) is 17.6. The normalized spacial score (nSPS) is 13.7. The van der Waals surface area contributed by atoms with E-state index in [2.05, 4.69) is 0 Å². The fourth-order valence-corrected chi connectivity index (χ4v) is 2.75. The molecule has 0 aliphatic rings. The number of rotatable bonds is 7. The Labute approximate surface area is 114 Å². The highest BCUT2D eigenvalue weighted by molar-refractivity contribution is 8.26. The van der Waals surface area contributed by atoms with Crippen molar-refractivity contribution in [3.63, 3.8) is 0 Å². The van der Waals surface area contributed by atoms with E-state index in [-0.39, 0.29) is 22.6 Å². The van der Waals surface area contributed by atoms with Crippen LogP contribution in [0.2, 0.25) is 0 Å². The predicted molar refractivity (Wildman–Crippen MR) is 75.2 cm³/mol. The van der Waals surface area contributed by atoms with E-state index in [0.717, 1.165) is 24.6 Å². The summed E-state index contributed by atoms with van der Waals surface area (Å²) in [6, 6.07) is 0. The molecular weight excluding hydrogens is 250 g/mol. The number of thioether (sulfide) groups is 1. The lowest BCUT2D eigenvalue weighted by molar-refractivity contribution is -0.873. The third-order valence-electron chi connectivity index (χ3n) is 2.69. The third kappa shape index (κ3) is 7.84. The topological polar surface area (TPSA) is 54.4 Å². The summed E-state index contributed by atoms with van der Waals surface area (Å²) in [6.07, 6.45) is 0.889. The van der Waals surface area contributed by atoms with Crippen LogP contribution < -0.4 is 0 Å². The maximum atomic E-state index is 11.7. The molecule has 0 amide bonds. The molecule has 0 rings (SSSR count). The molecule has 106 valence electrons. The molecule has 0 aliphatic heterocycles. The maximum absolute atomic E-state index is 11.7. The van der Waals surface area contributed by atoms with Crippen LogP contribution in [0, 0.1) is 5.92 Å². The first-order valence-corrected chi connectivity index (χ1v) is 7.24. The first-order valence-electron chi connectivity index (χ1n) is 6.42. The SMILES string of the molecule is CCC(CC)C(=O)SC(=O)CC(O)C[N+](C)(C)C. The summed E-state index contributed by atoms with van der Waals surface area (Å²) in [7, 11) is 5.86. The van der Waals surface area contributed by atoms with E-state index >= 15 is 0 Å². The van der Waals surface area contributed by atoms with E-state index in [4.69, 9.17) is 0 Å². The van der Waals surface area contributed by atoms with Crippen LogP contribution in [0.3, 0.4) is 0 Å². The van der Waals surface area contributed by atoms with Gasteiger partial charge < -0.3 is 9.59 Å². The van der Waals surface area contributed by atoms with E-state index in [1.165, 1.54) is 0 Å². The molecule has 1 atom stereocenters. The van der Waals surface area contributed by atoms with Crippen LogP contribution in [0.5, 0.6) is 0 Å². The molecular formula is C13H26NO3S+. The van der Waals surface area contributed by atoms with Crippen molar-refractivity contribution in [2.45, 2.75) is 39.2 Å². The van der Waals surface area contributed by atoms with Crippen molar-refractivity contribution < 1.29 is 19.2 Å². The van der Waals surface area contributed by atoms with E-state index in [0.29, 0.717) is 11.0 Å². The van der Waals surface area contributed by atoms with E-state index in [1.807, 2.05) is 35.0 Å². The lowest BCUT2D eigenvalue weighted by Crippen LogP contribution is -2.41. The van der Waals surface area contributed by atoms with Crippen LogP contribution >= 0.6 is 11.8 Å². The van der Waals surface area contributed by atoms with Gasteiger partial charge in [0, 0.05) is 12.3 Å². The average Bonchev–Trinajstić information content (AvgIpc) is 2.15. The zero-order chi connectivity index (χ0) is 14.3. The number of aliphatic hydroxyl groups is 1. The molecule has 0 aromatic carbocycles. The minimum atomic E-state index is -0.681. The van der Waals surface area contributed by atoms with Gasteiger partial charge in [-0.05, 0) is 24.6 Å². The van der Waals surface area contributed by atoms with Crippen LogP contribution in [0.25, 0.3) is 0 Å². The summed E-state index contributed by atoms with van der Waals surface area (Å²) < 4.78 is 0.597. The van der Waals surface area contributed by atoms with Crippen molar-refractivity contribution in [3.05, 3.63) is 0 Å². The molecule has 18 heavy (non-hydrogen) atoms. The van der Waals surface area contributed by atoms with Gasteiger partial charge in [-0.3, -0.25) is 9.59 Å². The fraction of sp³-hybridized carbons (Fsp3) is 0.846. The lowest BCUT2D eigenvalue weighted by atomic mass is 10.1. The summed E-state index contributed by atoms with van der Waals surface area (Å²) in [5.74, 6) is -0.0468. The Hall–Kier alpha value is -0.390. The number of carbonyl (C=O) groups is 2. The van der Waals surface area contributed by atoms with Crippen LogP contribution in [0.4, 0.5) is 0 Å². The molecule has 0 aromatic heterocycles. The van der Waals surface area contributed by atoms with Gasteiger partial charge in [0.25, 0.3) is 0 Å². The molecule has 0 spiro atoms. The Morgan fingerprint density at radius 2 is 1.67 bits per heavy atom. The van der Waals surface area contributed by atoms with Crippen LogP contribution in [0.1, 0.15) is 33.1 Å². The van der Waals surface area contributed by atoms with Crippen molar-refractivity contribution in [1.29, 1.82) is 0 Å². The maximum Gasteiger partial charge on any atom is 0.199 e. The Kier molecular flexibility index (Phi) is 7.75. The molecule has 0 saturated heterocycles.